The van der Waals surface area contributed by atoms with Crippen molar-refractivity contribution in [2.24, 2.45) is 5.10 Å². The van der Waals surface area contributed by atoms with E-state index in [4.69, 9.17) is 23.2 Å². The van der Waals surface area contributed by atoms with E-state index in [-0.39, 0.29) is 0 Å². The number of nitrogens with zero attached hydrogens (tertiary/aromatic N) is 3. The molecule has 23 heavy (non-hydrogen) atoms. The van der Waals surface area contributed by atoms with Crippen LogP contribution in [0.15, 0.2) is 53.2 Å². The molecule has 2 aromatic heterocycles. The van der Waals surface area contributed by atoms with Gasteiger partial charge in [0.1, 0.15) is 0 Å². The Morgan fingerprint density at radius 2 is 2.09 bits per heavy atom. The van der Waals surface area contributed by atoms with Crippen LogP contribution in [0.25, 0.3) is 11.3 Å². The summed E-state index contributed by atoms with van der Waals surface area (Å²) in [4.78, 5) is 8.58. The number of hydrazone groups is 1. The smallest absolute Gasteiger partial charge is 0.203 e. The van der Waals surface area contributed by atoms with Crippen LogP contribution in [-0.4, -0.2) is 15.7 Å². The normalized spacial score (nSPS) is 11.5. The van der Waals surface area contributed by atoms with Gasteiger partial charge in [-0.15, -0.1) is 11.3 Å². The Balaban J connectivity index is 1.75. The summed E-state index contributed by atoms with van der Waals surface area (Å²) in [5, 5.41) is 8.04. The molecule has 1 aromatic carbocycles. The van der Waals surface area contributed by atoms with Crippen molar-refractivity contribution in [2.45, 2.75) is 6.92 Å². The highest BCUT2D eigenvalue weighted by Crippen LogP contribution is 2.25. The zero-order chi connectivity index (χ0) is 16.2. The number of halogens is 2. The van der Waals surface area contributed by atoms with Gasteiger partial charge in [-0.1, -0.05) is 29.3 Å². The molecule has 0 unspecified atom stereocenters. The van der Waals surface area contributed by atoms with Crippen molar-refractivity contribution in [3.05, 3.63) is 63.7 Å². The van der Waals surface area contributed by atoms with Crippen LogP contribution in [0.5, 0.6) is 0 Å². The van der Waals surface area contributed by atoms with Crippen LogP contribution in [0.3, 0.4) is 0 Å². The molecular formula is C16H12Cl2N4S. The van der Waals surface area contributed by atoms with Crippen molar-refractivity contribution < 1.29 is 0 Å². The molecule has 0 saturated carbocycles. The third-order valence-electron chi connectivity index (χ3n) is 3.12. The van der Waals surface area contributed by atoms with E-state index >= 15 is 0 Å². The van der Waals surface area contributed by atoms with Crippen molar-refractivity contribution in [1.82, 2.24) is 9.97 Å². The Morgan fingerprint density at radius 3 is 2.83 bits per heavy atom. The van der Waals surface area contributed by atoms with Gasteiger partial charge in [0.2, 0.25) is 5.13 Å². The Hall–Kier alpha value is -1.95. The van der Waals surface area contributed by atoms with E-state index in [1.807, 2.05) is 30.5 Å². The lowest BCUT2D eigenvalue weighted by atomic mass is 10.1. The first-order valence-corrected chi connectivity index (χ1v) is 8.38. The van der Waals surface area contributed by atoms with Gasteiger partial charge in [-0.05, 0) is 36.8 Å². The summed E-state index contributed by atoms with van der Waals surface area (Å²) in [5.41, 5.74) is 6.50. The number of pyridine rings is 1. The van der Waals surface area contributed by atoms with Gasteiger partial charge in [-0.25, -0.2) is 4.98 Å². The summed E-state index contributed by atoms with van der Waals surface area (Å²) in [6.45, 7) is 1.89. The standard InChI is InChI=1S/C16H12Cl2N4S/c1-10(11-4-5-13(17)14(18)7-11)21-22-16-20-15(9-23-16)12-3-2-6-19-8-12/h2-9H,1H3,(H,20,22). The van der Waals surface area contributed by atoms with Gasteiger partial charge < -0.3 is 0 Å². The first-order valence-electron chi connectivity index (χ1n) is 6.75. The molecule has 7 heteroatoms. The maximum atomic E-state index is 6.02. The molecule has 116 valence electrons. The van der Waals surface area contributed by atoms with Crippen LogP contribution in [0.4, 0.5) is 5.13 Å². The molecule has 0 saturated heterocycles. The average molecular weight is 363 g/mol. The van der Waals surface area contributed by atoms with Gasteiger partial charge in [-0.3, -0.25) is 10.4 Å². The third-order valence-corrected chi connectivity index (χ3v) is 4.60. The summed E-state index contributed by atoms with van der Waals surface area (Å²) < 4.78 is 0. The Bertz CT molecular complexity index is 846. The number of hydrogen-bond donors (Lipinski definition) is 1. The number of hydrogen-bond acceptors (Lipinski definition) is 5. The number of benzene rings is 1. The lowest BCUT2D eigenvalue weighted by Gasteiger charge is -2.03. The summed E-state index contributed by atoms with van der Waals surface area (Å²) in [7, 11) is 0. The molecule has 0 bridgehead atoms. The molecule has 3 rings (SSSR count). The highest BCUT2D eigenvalue weighted by molar-refractivity contribution is 7.14. The van der Waals surface area contributed by atoms with Crippen molar-refractivity contribution in [3.8, 4) is 11.3 Å². The predicted octanol–water partition coefficient (Wildman–Crippen LogP) is 5.35. The summed E-state index contributed by atoms with van der Waals surface area (Å²) in [6.07, 6.45) is 3.52. The van der Waals surface area contributed by atoms with E-state index < -0.39 is 0 Å². The topological polar surface area (TPSA) is 50.2 Å². The Morgan fingerprint density at radius 1 is 1.22 bits per heavy atom. The molecule has 0 aliphatic carbocycles. The summed E-state index contributed by atoms with van der Waals surface area (Å²) in [6, 6.07) is 9.26. The van der Waals surface area contributed by atoms with Crippen molar-refractivity contribution in [1.29, 1.82) is 0 Å². The molecule has 3 aromatic rings. The van der Waals surface area contributed by atoms with Crippen LogP contribution in [0.2, 0.25) is 10.0 Å². The average Bonchev–Trinajstić information content (AvgIpc) is 3.05. The van der Waals surface area contributed by atoms with Crippen LogP contribution in [0.1, 0.15) is 12.5 Å². The largest absolute Gasteiger partial charge is 0.264 e. The van der Waals surface area contributed by atoms with Gasteiger partial charge in [-0.2, -0.15) is 5.10 Å². The van der Waals surface area contributed by atoms with E-state index in [0.29, 0.717) is 15.2 Å². The molecule has 1 N–H and O–H groups in total. The molecule has 0 atom stereocenters. The minimum absolute atomic E-state index is 0.506. The van der Waals surface area contributed by atoms with Gasteiger partial charge in [0.25, 0.3) is 0 Å². The second kappa shape index (κ2) is 7.08. The molecule has 4 nitrogen and oxygen atoms in total. The number of thiazole rings is 1. The van der Waals surface area contributed by atoms with Gasteiger partial charge in [0.15, 0.2) is 0 Å². The number of rotatable bonds is 4. The molecule has 0 aliphatic rings. The number of anilines is 1. The number of nitrogens with one attached hydrogen (secondary N) is 1. The summed E-state index contributed by atoms with van der Waals surface area (Å²) in [5.74, 6) is 0. The van der Waals surface area contributed by atoms with E-state index in [2.05, 4.69) is 20.5 Å². The van der Waals surface area contributed by atoms with E-state index in [0.717, 1.165) is 22.5 Å². The second-order valence-corrected chi connectivity index (χ2v) is 6.39. The third kappa shape index (κ3) is 3.88. The molecule has 0 amide bonds. The van der Waals surface area contributed by atoms with E-state index in [1.165, 1.54) is 11.3 Å². The van der Waals surface area contributed by atoms with E-state index in [9.17, 15) is 0 Å². The fraction of sp³-hybridized carbons (Fsp3) is 0.0625. The van der Waals surface area contributed by atoms with Crippen LogP contribution in [-0.2, 0) is 0 Å². The molecule has 2 heterocycles. The number of aromatic nitrogens is 2. The van der Waals surface area contributed by atoms with Crippen LogP contribution in [0, 0.1) is 0 Å². The van der Waals surface area contributed by atoms with Gasteiger partial charge in [0, 0.05) is 23.3 Å². The molecular weight excluding hydrogens is 351 g/mol. The van der Waals surface area contributed by atoms with E-state index in [1.54, 1.807) is 24.5 Å². The molecule has 0 spiro atoms. The second-order valence-electron chi connectivity index (χ2n) is 4.72. The highest BCUT2D eigenvalue weighted by Gasteiger charge is 2.05. The maximum absolute atomic E-state index is 6.02. The maximum Gasteiger partial charge on any atom is 0.203 e. The molecule has 0 radical (unpaired) electrons. The van der Waals surface area contributed by atoms with Crippen LogP contribution < -0.4 is 5.43 Å². The molecule has 0 aliphatic heterocycles. The SMILES string of the molecule is CC(=NNc1nc(-c2cccnc2)cs1)c1ccc(Cl)c(Cl)c1. The Kier molecular flexibility index (Phi) is 4.91. The van der Waals surface area contributed by atoms with Gasteiger partial charge >= 0.3 is 0 Å². The fourth-order valence-electron chi connectivity index (χ4n) is 1.89. The highest BCUT2D eigenvalue weighted by atomic mass is 35.5. The van der Waals surface area contributed by atoms with Crippen LogP contribution >= 0.6 is 34.5 Å². The predicted molar refractivity (Wildman–Crippen MR) is 97.6 cm³/mol. The monoisotopic (exact) mass is 362 g/mol. The molecule has 0 fully saturated rings. The zero-order valence-electron chi connectivity index (χ0n) is 12.1. The van der Waals surface area contributed by atoms with Crippen molar-refractivity contribution in [3.63, 3.8) is 0 Å². The first-order chi connectivity index (χ1) is 11.1. The lowest BCUT2D eigenvalue weighted by molar-refractivity contribution is 1.26. The summed E-state index contributed by atoms with van der Waals surface area (Å²) >= 11 is 13.4. The van der Waals surface area contributed by atoms with Gasteiger partial charge in [0.05, 0.1) is 21.5 Å². The zero-order valence-corrected chi connectivity index (χ0v) is 14.5. The van der Waals surface area contributed by atoms with Crippen molar-refractivity contribution in [2.75, 3.05) is 5.43 Å². The minimum atomic E-state index is 0.506. The van der Waals surface area contributed by atoms with Crippen molar-refractivity contribution >= 4 is 45.4 Å². The Labute approximate surface area is 147 Å². The lowest BCUT2D eigenvalue weighted by Crippen LogP contribution is -1.99. The quantitative estimate of drug-likeness (QED) is 0.502. The fourth-order valence-corrected chi connectivity index (χ4v) is 2.85. The minimum Gasteiger partial charge on any atom is -0.264 e. The first kappa shape index (κ1) is 15.9.